The first-order valence-corrected chi connectivity index (χ1v) is 8.96. The molecule has 0 bridgehead atoms. The molecule has 0 unspecified atom stereocenters. The predicted molar refractivity (Wildman–Crippen MR) is 112 cm³/mol. The second kappa shape index (κ2) is 6.76. The van der Waals surface area contributed by atoms with Gasteiger partial charge in [-0.15, -0.1) is 0 Å². The predicted octanol–water partition coefficient (Wildman–Crippen LogP) is 4.54. The first kappa shape index (κ1) is 17.1. The van der Waals surface area contributed by atoms with Gasteiger partial charge in [0.15, 0.2) is 5.65 Å². The quantitative estimate of drug-likeness (QED) is 0.537. The molecule has 0 amide bonds. The Labute approximate surface area is 159 Å². The second-order valence-corrected chi connectivity index (χ2v) is 6.91. The van der Waals surface area contributed by atoms with Crippen molar-refractivity contribution >= 4 is 22.8 Å². The van der Waals surface area contributed by atoms with Crippen molar-refractivity contribution in [2.75, 3.05) is 30.9 Å². The lowest BCUT2D eigenvalue weighted by molar-refractivity contribution is 0.913. The molecule has 4 rings (SSSR count). The van der Waals surface area contributed by atoms with Crippen LogP contribution < -0.4 is 9.80 Å². The van der Waals surface area contributed by atoms with Crippen molar-refractivity contribution < 1.29 is 0 Å². The van der Waals surface area contributed by atoms with Crippen LogP contribution in [0.2, 0.25) is 0 Å². The standard InChI is InChI=1S/C22H23N5/c1-16-8-7-9-17(14-16)26(4)22-15-19(24-21-12-13-23-27(21)22)18-10-5-6-11-20(18)25(2)3/h5-15H,1-4H3. The number of hydrogen-bond acceptors (Lipinski definition) is 4. The molecular formula is C22H23N5. The lowest BCUT2D eigenvalue weighted by Gasteiger charge is -2.22. The summed E-state index contributed by atoms with van der Waals surface area (Å²) in [6.07, 6.45) is 1.79. The molecule has 0 saturated heterocycles. The summed E-state index contributed by atoms with van der Waals surface area (Å²) in [5.41, 5.74) is 6.34. The summed E-state index contributed by atoms with van der Waals surface area (Å²) in [5.74, 6) is 0.971. The van der Waals surface area contributed by atoms with E-state index in [2.05, 4.69) is 97.6 Å². The van der Waals surface area contributed by atoms with Gasteiger partial charge in [-0.3, -0.25) is 0 Å². The summed E-state index contributed by atoms with van der Waals surface area (Å²) >= 11 is 0. The molecule has 0 aliphatic rings. The molecule has 27 heavy (non-hydrogen) atoms. The fourth-order valence-corrected chi connectivity index (χ4v) is 3.32. The van der Waals surface area contributed by atoms with Crippen LogP contribution >= 0.6 is 0 Å². The van der Waals surface area contributed by atoms with Crippen molar-refractivity contribution in [3.63, 3.8) is 0 Å². The van der Waals surface area contributed by atoms with Gasteiger partial charge < -0.3 is 9.80 Å². The van der Waals surface area contributed by atoms with E-state index in [-0.39, 0.29) is 0 Å². The Kier molecular flexibility index (Phi) is 4.28. The third-order valence-corrected chi connectivity index (χ3v) is 4.73. The van der Waals surface area contributed by atoms with Gasteiger partial charge in [0, 0.05) is 50.2 Å². The van der Waals surface area contributed by atoms with E-state index in [0.717, 1.165) is 34.1 Å². The smallest absolute Gasteiger partial charge is 0.158 e. The van der Waals surface area contributed by atoms with Crippen molar-refractivity contribution in [2.24, 2.45) is 0 Å². The van der Waals surface area contributed by atoms with E-state index >= 15 is 0 Å². The maximum atomic E-state index is 4.85. The highest BCUT2D eigenvalue weighted by Crippen LogP contribution is 2.33. The molecule has 5 nitrogen and oxygen atoms in total. The molecule has 2 heterocycles. The molecular weight excluding hydrogens is 334 g/mol. The molecule has 0 aliphatic carbocycles. The highest BCUT2D eigenvalue weighted by molar-refractivity contribution is 5.79. The van der Waals surface area contributed by atoms with Crippen molar-refractivity contribution in [2.45, 2.75) is 6.92 Å². The molecule has 4 aromatic rings. The van der Waals surface area contributed by atoms with Crippen LogP contribution in [0, 0.1) is 6.92 Å². The van der Waals surface area contributed by atoms with Gasteiger partial charge in [0.05, 0.1) is 11.9 Å². The molecule has 0 spiro atoms. The van der Waals surface area contributed by atoms with Crippen molar-refractivity contribution in [1.29, 1.82) is 0 Å². The normalized spacial score (nSPS) is 11.0. The second-order valence-electron chi connectivity index (χ2n) is 6.91. The lowest BCUT2D eigenvalue weighted by atomic mass is 10.1. The van der Waals surface area contributed by atoms with Gasteiger partial charge in [-0.25, -0.2) is 4.98 Å². The van der Waals surface area contributed by atoms with Gasteiger partial charge in [-0.05, 0) is 30.7 Å². The number of aromatic nitrogens is 3. The largest absolute Gasteiger partial charge is 0.377 e. The summed E-state index contributed by atoms with van der Waals surface area (Å²) in [5, 5.41) is 4.48. The molecule has 2 aromatic heterocycles. The van der Waals surface area contributed by atoms with Gasteiger partial charge in [0.2, 0.25) is 0 Å². The molecule has 0 saturated carbocycles. The van der Waals surface area contributed by atoms with Gasteiger partial charge in [-0.2, -0.15) is 9.61 Å². The van der Waals surface area contributed by atoms with Crippen LogP contribution in [0.25, 0.3) is 16.9 Å². The first-order valence-electron chi connectivity index (χ1n) is 8.96. The van der Waals surface area contributed by atoms with Crippen molar-refractivity contribution in [3.05, 3.63) is 72.4 Å². The maximum Gasteiger partial charge on any atom is 0.158 e. The van der Waals surface area contributed by atoms with Gasteiger partial charge in [-0.1, -0.05) is 30.3 Å². The molecule has 5 heteroatoms. The van der Waals surface area contributed by atoms with Crippen LogP contribution in [0.3, 0.4) is 0 Å². The maximum absolute atomic E-state index is 4.85. The Balaban J connectivity index is 1.91. The summed E-state index contributed by atoms with van der Waals surface area (Å²) in [4.78, 5) is 9.11. The van der Waals surface area contributed by atoms with Crippen LogP contribution in [0.5, 0.6) is 0 Å². The summed E-state index contributed by atoms with van der Waals surface area (Å²) in [6, 6.07) is 20.8. The Morgan fingerprint density at radius 3 is 2.48 bits per heavy atom. The van der Waals surface area contributed by atoms with Crippen LogP contribution in [0.15, 0.2) is 66.9 Å². The van der Waals surface area contributed by atoms with E-state index in [9.17, 15) is 0 Å². The zero-order chi connectivity index (χ0) is 19.0. The third kappa shape index (κ3) is 3.12. The molecule has 0 fully saturated rings. The van der Waals surface area contributed by atoms with Crippen LogP contribution in [-0.2, 0) is 0 Å². The number of nitrogens with zero attached hydrogens (tertiary/aromatic N) is 5. The number of hydrogen-bond donors (Lipinski definition) is 0. The Morgan fingerprint density at radius 2 is 1.70 bits per heavy atom. The SMILES string of the molecule is Cc1cccc(N(C)c2cc(-c3ccccc3N(C)C)nc3ccnn23)c1. The number of fused-ring (bicyclic) bond motifs is 1. The molecule has 0 atom stereocenters. The van der Waals surface area contributed by atoms with E-state index in [4.69, 9.17) is 4.98 Å². The highest BCUT2D eigenvalue weighted by atomic mass is 15.3. The van der Waals surface area contributed by atoms with Crippen LogP contribution in [0.4, 0.5) is 17.2 Å². The van der Waals surface area contributed by atoms with E-state index < -0.39 is 0 Å². The van der Waals surface area contributed by atoms with Crippen LogP contribution in [0.1, 0.15) is 5.56 Å². The molecule has 0 aliphatic heterocycles. The monoisotopic (exact) mass is 357 g/mol. The van der Waals surface area contributed by atoms with Gasteiger partial charge >= 0.3 is 0 Å². The van der Waals surface area contributed by atoms with Gasteiger partial charge in [0.1, 0.15) is 5.82 Å². The van der Waals surface area contributed by atoms with E-state index in [0.29, 0.717) is 0 Å². The minimum absolute atomic E-state index is 0.829. The number of anilines is 3. The lowest BCUT2D eigenvalue weighted by Crippen LogP contribution is -2.15. The fourth-order valence-electron chi connectivity index (χ4n) is 3.32. The summed E-state index contributed by atoms with van der Waals surface area (Å²) in [6.45, 7) is 2.10. The fraction of sp³-hybridized carbons (Fsp3) is 0.182. The number of rotatable bonds is 4. The van der Waals surface area contributed by atoms with Crippen molar-refractivity contribution in [3.8, 4) is 11.3 Å². The average molecular weight is 357 g/mol. The zero-order valence-electron chi connectivity index (χ0n) is 16.1. The van der Waals surface area contributed by atoms with Crippen LogP contribution in [-0.4, -0.2) is 35.7 Å². The number of para-hydroxylation sites is 1. The zero-order valence-corrected chi connectivity index (χ0v) is 16.1. The summed E-state index contributed by atoms with van der Waals surface area (Å²) in [7, 11) is 6.17. The van der Waals surface area contributed by atoms with E-state index in [1.807, 2.05) is 10.6 Å². The first-order chi connectivity index (χ1) is 13.0. The Bertz CT molecular complexity index is 1100. The number of benzene rings is 2. The molecule has 0 N–H and O–H groups in total. The van der Waals surface area contributed by atoms with Gasteiger partial charge in [0.25, 0.3) is 0 Å². The highest BCUT2D eigenvalue weighted by Gasteiger charge is 2.15. The molecule has 136 valence electrons. The Morgan fingerprint density at radius 1 is 0.889 bits per heavy atom. The third-order valence-electron chi connectivity index (χ3n) is 4.73. The topological polar surface area (TPSA) is 36.7 Å². The Hall–Kier alpha value is -3.34. The number of aryl methyl sites for hydroxylation is 1. The molecule has 2 aromatic carbocycles. The van der Waals surface area contributed by atoms with E-state index in [1.165, 1.54) is 5.56 Å². The average Bonchev–Trinajstić information content (AvgIpc) is 3.15. The minimum Gasteiger partial charge on any atom is -0.377 e. The van der Waals surface area contributed by atoms with Crippen molar-refractivity contribution in [1.82, 2.24) is 14.6 Å². The molecule has 0 radical (unpaired) electrons. The summed E-state index contributed by atoms with van der Waals surface area (Å²) < 4.78 is 1.88. The van der Waals surface area contributed by atoms with E-state index in [1.54, 1.807) is 6.20 Å². The minimum atomic E-state index is 0.829.